The van der Waals surface area contributed by atoms with E-state index in [2.05, 4.69) is 36.3 Å². The van der Waals surface area contributed by atoms with Crippen LogP contribution in [-0.4, -0.2) is 26.8 Å². The number of aromatic nitrogens is 3. The maximum atomic E-state index is 12.7. The van der Waals surface area contributed by atoms with Gasteiger partial charge in [0.05, 0.1) is 11.6 Å². The average Bonchev–Trinajstić information content (AvgIpc) is 3.29. The topological polar surface area (TPSA) is 142 Å². The summed E-state index contributed by atoms with van der Waals surface area (Å²) in [5.41, 5.74) is 14.6. The summed E-state index contributed by atoms with van der Waals surface area (Å²) in [7, 11) is 0. The Bertz CT molecular complexity index is 1150. The summed E-state index contributed by atoms with van der Waals surface area (Å²) < 4.78 is 6.84. The van der Waals surface area contributed by atoms with Crippen molar-refractivity contribution in [2.24, 2.45) is 11.1 Å². The summed E-state index contributed by atoms with van der Waals surface area (Å²) in [6.45, 7) is 12.0. The number of amides is 2. The van der Waals surface area contributed by atoms with E-state index < -0.39 is 11.8 Å². The van der Waals surface area contributed by atoms with Crippen LogP contribution in [0.4, 0.5) is 11.7 Å². The molecule has 0 saturated heterocycles. The number of carbonyl (C=O) groups is 2. The number of carbonyl (C=O) groups excluding carboxylic acids is 2. The van der Waals surface area contributed by atoms with Crippen LogP contribution >= 0.6 is 0 Å². The van der Waals surface area contributed by atoms with Gasteiger partial charge in [0, 0.05) is 17.7 Å². The minimum absolute atomic E-state index is 0.0279. The van der Waals surface area contributed by atoms with E-state index in [1.54, 1.807) is 29.8 Å². The van der Waals surface area contributed by atoms with E-state index in [0.29, 0.717) is 17.1 Å². The minimum atomic E-state index is -0.635. The fourth-order valence-electron chi connectivity index (χ4n) is 3.59. The Hall–Kier alpha value is -3.62. The summed E-state index contributed by atoms with van der Waals surface area (Å²) in [4.78, 5) is 24.7. The molecule has 1 aromatic carbocycles. The molecule has 2 aromatic heterocycles. The number of nitrogen functional groups attached to an aromatic ring is 1. The molecule has 1 atom stereocenters. The van der Waals surface area contributed by atoms with Gasteiger partial charge >= 0.3 is 0 Å². The van der Waals surface area contributed by atoms with E-state index in [9.17, 15) is 9.59 Å². The summed E-state index contributed by atoms with van der Waals surface area (Å²) in [6.07, 6.45) is 0.744. The molecule has 9 heteroatoms. The molecule has 3 rings (SSSR count). The maximum Gasteiger partial charge on any atom is 0.254 e. The van der Waals surface area contributed by atoms with Crippen molar-refractivity contribution in [3.05, 3.63) is 47.2 Å². The first-order chi connectivity index (χ1) is 15.4. The van der Waals surface area contributed by atoms with Crippen molar-refractivity contribution >= 4 is 23.5 Å². The third kappa shape index (κ3) is 5.42. The molecule has 0 aliphatic rings. The second-order valence-corrected chi connectivity index (χ2v) is 9.76. The number of nitrogens with two attached hydrogens (primary N) is 2. The Kier molecular flexibility index (Phi) is 6.62. The molecule has 0 aliphatic carbocycles. The first kappa shape index (κ1) is 24.0. The highest BCUT2D eigenvalue weighted by Crippen LogP contribution is 2.30. The van der Waals surface area contributed by atoms with Crippen molar-refractivity contribution in [3.8, 4) is 11.3 Å². The number of hydrogen-bond acceptors (Lipinski definition) is 6. The second kappa shape index (κ2) is 9.09. The van der Waals surface area contributed by atoms with E-state index in [1.165, 1.54) is 0 Å². The van der Waals surface area contributed by atoms with Gasteiger partial charge < -0.3 is 16.0 Å². The molecular formula is C24H32N6O3. The lowest BCUT2D eigenvalue weighted by Crippen LogP contribution is -2.18. The molecule has 0 spiro atoms. The zero-order valence-electron chi connectivity index (χ0n) is 20.0. The lowest BCUT2D eigenvalue weighted by atomic mass is 9.91. The van der Waals surface area contributed by atoms with Crippen molar-refractivity contribution in [2.45, 2.75) is 59.9 Å². The standard InChI is InChI=1S/C24H32N6O3/c1-13(2)30-21(25)19(22(26)31)20(28-30)16-9-7-15(8-10-16)14(3)23(32)27-18-11-17(29-33-18)12-24(4,5)6/h7-11,13-14H,12,25H2,1-6H3,(H2,26,31)(H,27,32). The molecule has 9 nitrogen and oxygen atoms in total. The number of hydrogen-bond donors (Lipinski definition) is 3. The van der Waals surface area contributed by atoms with Crippen LogP contribution < -0.4 is 16.8 Å². The first-order valence-corrected chi connectivity index (χ1v) is 10.9. The van der Waals surface area contributed by atoms with Gasteiger partial charge in [-0.05, 0) is 38.2 Å². The Morgan fingerprint density at radius 2 is 1.79 bits per heavy atom. The van der Waals surface area contributed by atoms with E-state index >= 15 is 0 Å². The number of anilines is 2. The molecular weight excluding hydrogens is 420 g/mol. The van der Waals surface area contributed by atoms with Crippen molar-refractivity contribution in [1.82, 2.24) is 14.9 Å². The number of nitrogens with zero attached hydrogens (tertiary/aromatic N) is 3. The van der Waals surface area contributed by atoms with Gasteiger partial charge in [-0.2, -0.15) is 5.10 Å². The van der Waals surface area contributed by atoms with Crippen molar-refractivity contribution in [3.63, 3.8) is 0 Å². The lowest BCUT2D eigenvalue weighted by Gasteiger charge is -2.15. The Morgan fingerprint density at radius 1 is 1.15 bits per heavy atom. The molecule has 176 valence electrons. The molecule has 33 heavy (non-hydrogen) atoms. The predicted molar refractivity (Wildman–Crippen MR) is 128 cm³/mol. The molecule has 5 N–H and O–H groups in total. The van der Waals surface area contributed by atoms with Gasteiger partial charge in [-0.3, -0.25) is 14.9 Å². The second-order valence-electron chi connectivity index (χ2n) is 9.76. The molecule has 1 unspecified atom stereocenters. The summed E-state index contributed by atoms with van der Waals surface area (Å²) in [5.74, 6) is -0.730. The van der Waals surface area contributed by atoms with Gasteiger partial charge in [0.15, 0.2) is 0 Å². The van der Waals surface area contributed by atoms with Crippen molar-refractivity contribution in [2.75, 3.05) is 11.1 Å². The molecule has 0 aliphatic heterocycles. The highest BCUT2D eigenvalue weighted by atomic mass is 16.5. The largest absolute Gasteiger partial charge is 0.383 e. The van der Waals surface area contributed by atoms with Crippen LogP contribution in [0, 0.1) is 5.41 Å². The van der Waals surface area contributed by atoms with E-state index in [-0.39, 0.29) is 28.7 Å². The van der Waals surface area contributed by atoms with Crippen LogP contribution in [0.1, 0.15) is 75.1 Å². The average molecular weight is 453 g/mol. The van der Waals surface area contributed by atoms with Gasteiger partial charge in [0.2, 0.25) is 11.8 Å². The summed E-state index contributed by atoms with van der Waals surface area (Å²) in [5, 5.41) is 11.3. The SMILES string of the molecule is CC(C(=O)Nc1cc(CC(C)(C)C)no1)c1ccc(-c2nn(C(C)C)c(N)c2C(N)=O)cc1. The quantitative estimate of drug-likeness (QED) is 0.492. The molecule has 0 fully saturated rings. The van der Waals surface area contributed by atoms with Gasteiger partial charge in [0.25, 0.3) is 5.91 Å². The zero-order valence-corrected chi connectivity index (χ0v) is 20.0. The number of benzene rings is 1. The van der Waals surface area contributed by atoms with Gasteiger partial charge in [-0.25, -0.2) is 4.68 Å². The van der Waals surface area contributed by atoms with E-state index in [1.807, 2.05) is 26.0 Å². The minimum Gasteiger partial charge on any atom is -0.383 e. The maximum absolute atomic E-state index is 12.7. The number of nitrogens with one attached hydrogen (secondary N) is 1. The molecule has 0 radical (unpaired) electrons. The fourth-order valence-corrected chi connectivity index (χ4v) is 3.59. The van der Waals surface area contributed by atoms with Gasteiger partial charge in [0.1, 0.15) is 17.1 Å². The summed E-state index contributed by atoms with van der Waals surface area (Å²) in [6, 6.07) is 8.96. The number of rotatable bonds is 7. The fraction of sp³-hybridized carbons (Fsp3) is 0.417. The molecule has 3 aromatic rings. The van der Waals surface area contributed by atoms with E-state index in [4.69, 9.17) is 16.0 Å². The normalized spacial score (nSPS) is 12.7. The smallest absolute Gasteiger partial charge is 0.254 e. The highest BCUT2D eigenvalue weighted by molar-refractivity contribution is 6.03. The Morgan fingerprint density at radius 3 is 2.33 bits per heavy atom. The van der Waals surface area contributed by atoms with Crippen LogP contribution in [0.5, 0.6) is 0 Å². The van der Waals surface area contributed by atoms with Crippen LogP contribution in [-0.2, 0) is 11.2 Å². The van der Waals surface area contributed by atoms with Gasteiger partial charge in [-0.1, -0.05) is 50.2 Å². The Balaban J connectivity index is 1.77. The molecule has 2 amide bonds. The van der Waals surface area contributed by atoms with E-state index in [0.717, 1.165) is 17.7 Å². The molecule has 0 saturated carbocycles. The third-order valence-electron chi connectivity index (χ3n) is 5.28. The van der Waals surface area contributed by atoms with Crippen molar-refractivity contribution < 1.29 is 14.1 Å². The monoisotopic (exact) mass is 452 g/mol. The third-order valence-corrected chi connectivity index (χ3v) is 5.28. The van der Waals surface area contributed by atoms with Crippen LogP contribution in [0.2, 0.25) is 0 Å². The van der Waals surface area contributed by atoms with Crippen LogP contribution in [0.15, 0.2) is 34.9 Å². The summed E-state index contributed by atoms with van der Waals surface area (Å²) >= 11 is 0. The number of primary amides is 1. The lowest BCUT2D eigenvalue weighted by molar-refractivity contribution is -0.117. The predicted octanol–water partition coefficient (Wildman–Crippen LogP) is 4.13. The van der Waals surface area contributed by atoms with Crippen LogP contribution in [0.3, 0.4) is 0 Å². The van der Waals surface area contributed by atoms with Crippen molar-refractivity contribution in [1.29, 1.82) is 0 Å². The first-order valence-electron chi connectivity index (χ1n) is 10.9. The Labute approximate surface area is 193 Å². The van der Waals surface area contributed by atoms with Gasteiger partial charge in [-0.15, -0.1) is 0 Å². The van der Waals surface area contributed by atoms with Crippen LogP contribution in [0.25, 0.3) is 11.3 Å². The highest BCUT2D eigenvalue weighted by Gasteiger charge is 2.24. The zero-order chi connectivity index (χ0) is 24.5. The molecule has 2 heterocycles. The molecule has 0 bridgehead atoms.